The Labute approximate surface area is 120 Å². The van der Waals surface area contributed by atoms with E-state index in [9.17, 15) is 14.7 Å². The number of rotatable bonds is 4. The standard InChI is InChI=1S/C15H26N2O3/c1-10(2)7-11(3)16-14(20)17-8-12-5-4-6-15(12,9-17)13(18)19/h10-12H,4-9H2,1-3H3,(H,16,20)(H,18,19)/t11?,12-,15+/m0/s1. The Morgan fingerprint density at radius 3 is 2.65 bits per heavy atom. The monoisotopic (exact) mass is 282 g/mol. The highest BCUT2D eigenvalue weighted by Crippen LogP contribution is 2.48. The van der Waals surface area contributed by atoms with Gasteiger partial charge in [0.2, 0.25) is 0 Å². The van der Waals surface area contributed by atoms with Crippen molar-refractivity contribution in [1.29, 1.82) is 0 Å². The molecule has 1 aliphatic heterocycles. The average Bonchev–Trinajstić information content (AvgIpc) is 2.83. The van der Waals surface area contributed by atoms with Crippen LogP contribution in [0.3, 0.4) is 0 Å². The van der Waals surface area contributed by atoms with Crippen LogP contribution in [0.15, 0.2) is 0 Å². The zero-order chi connectivity index (χ0) is 14.9. The highest BCUT2D eigenvalue weighted by atomic mass is 16.4. The Bertz CT molecular complexity index is 397. The SMILES string of the molecule is CC(C)CC(C)NC(=O)N1C[C@@H]2CCC[C@@]2(C(=O)O)C1. The number of aliphatic carboxylic acids is 1. The number of nitrogens with one attached hydrogen (secondary N) is 1. The molecule has 5 nitrogen and oxygen atoms in total. The zero-order valence-corrected chi connectivity index (χ0v) is 12.7. The Hall–Kier alpha value is -1.26. The second-order valence-electron chi connectivity index (χ2n) is 6.91. The van der Waals surface area contributed by atoms with Gasteiger partial charge in [-0.1, -0.05) is 20.3 Å². The maximum absolute atomic E-state index is 12.3. The molecule has 1 heterocycles. The normalized spacial score (nSPS) is 30.4. The van der Waals surface area contributed by atoms with Crippen molar-refractivity contribution in [3.8, 4) is 0 Å². The van der Waals surface area contributed by atoms with Crippen LogP contribution in [0.1, 0.15) is 46.5 Å². The molecule has 2 N–H and O–H groups in total. The first-order valence-corrected chi connectivity index (χ1v) is 7.64. The van der Waals surface area contributed by atoms with Gasteiger partial charge >= 0.3 is 12.0 Å². The molecule has 2 aliphatic rings. The summed E-state index contributed by atoms with van der Waals surface area (Å²) in [7, 11) is 0. The number of urea groups is 1. The predicted octanol–water partition coefficient (Wildman–Crippen LogP) is 2.32. The van der Waals surface area contributed by atoms with E-state index in [0.29, 0.717) is 25.4 Å². The van der Waals surface area contributed by atoms with Crippen molar-refractivity contribution >= 4 is 12.0 Å². The second kappa shape index (κ2) is 5.62. The number of carbonyl (C=O) groups excluding carboxylic acids is 1. The molecule has 20 heavy (non-hydrogen) atoms. The van der Waals surface area contributed by atoms with Crippen molar-refractivity contribution in [3.63, 3.8) is 0 Å². The summed E-state index contributed by atoms with van der Waals surface area (Å²) in [5.74, 6) is -0.0645. The Balaban J connectivity index is 1.95. The number of carboxylic acids is 1. The second-order valence-corrected chi connectivity index (χ2v) is 6.91. The smallest absolute Gasteiger partial charge is 0.317 e. The summed E-state index contributed by atoms with van der Waals surface area (Å²) < 4.78 is 0. The molecule has 5 heteroatoms. The van der Waals surface area contributed by atoms with Crippen LogP contribution in [0.4, 0.5) is 4.79 Å². The van der Waals surface area contributed by atoms with E-state index in [4.69, 9.17) is 0 Å². The third kappa shape index (κ3) is 2.76. The molecule has 1 aliphatic carbocycles. The summed E-state index contributed by atoms with van der Waals surface area (Å²) in [5, 5.41) is 12.5. The van der Waals surface area contributed by atoms with Gasteiger partial charge in [0, 0.05) is 19.1 Å². The van der Waals surface area contributed by atoms with E-state index in [2.05, 4.69) is 19.2 Å². The van der Waals surface area contributed by atoms with Crippen LogP contribution < -0.4 is 5.32 Å². The zero-order valence-electron chi connectivity index (χ0n) is 12.7. The van der Waals surface area contributed by atoms with Crippen LogP contribution in [0, 0.1) is 17.3 Å². The molecule has 3 atom stereocenters. The van der Waals surface area contributed by atoms with Gasteiger partial charge in [-0.3, -0.25) is 4.79 Å². The molecule has 0 spiro atoms. The first-order chi connectivity index (χ1) is 9.35. The van der Waals surface area contributed by atoms with E-state index in [-0.39, 0.29) is 18.0 Å². The number of likely N-dealkylation sites (tertiary alicyclic amines) is 1. The van der Waals surface area contributed by atoms with Crippen molar-refractivity contribution in [2.24, 2.45) is 17.3 Å². The molecule has 0 aromatic rings. The van der Waals surface area contributed by atoms with Gasteiger partial charge in [-0.15, -0.1) is 0 Å². The molecule has 2 rings (SSSR count). The highest BCUT2D eigenvalue weighted by Gasteiger charge is 2.55. The Morgan fingerprint density at radius 2 is 2.10 bits per heavy atom. The molecule has 0 bridgehead atoms. The average molecular weight is 282 g/mol. The quantitative estimate of drug-likeness (QED) is 0.831. The number of fused-ring (bicyclic) bond motifs is 1. The molecule has 1 unspecified atom stereocenters. The lowest BCUT2D eigenvalue weighted by molar-refractivity contribution is -0.149. The number of carboxylic acid groups (broad SMARTS) is 1. The maximum atomic E-state index is 12.3. The lowest BCUT2D eigenvalue weighted by atomic mass is 9.81. The lowest BCUT2D eigenvalue weighted by Crippen LogP contribution is -2.45. The largest absolute Gasteiger partial charge is 0.481 e. The van der Waals surface area contributed by atoms with E-state index in [0.717, 1.165) is 19.3 Å². The first kappa shape index (κ1) is 15.1. The van der Waals surface area contributed by atoms with Crippen LogP contribution in [-0.4, -0.2) is 41.1 Å². The fraction of sp³-hybridized carbons (Fsp3) is 0.867. The number of carbonyl (C=O) groups is 2. The van der Waals surface area contributed by atoms with E-state index in [1.807, 2.05) is 6.92 Å². The van der Waals surface area contributed by atoms with Crippen LogP contribution in [-0.2, 0) is 4.79 Å². The summed E-state index contributed by atoms with van der Waals surface area (Å²) in [4.78, 5) is 25.5. The van der Waals surface area contributed by atoms with E-state index in [1.165, 1.54) is 0 Å². The van der Waals surface area contributed by atoms with Crippen molar-refractivity contribution in [2.75, 3.05) is 13.1 Å². The summed E-state index contributed by atoms with van der Waals surface area (Å²) in [5.41, 5.74) is -0.682. The molecule has 1 saturated heterocycles. The highest BCUT2D eigenvalue weighted by molar-refractivity contribution is 5.80. The maximum Gasteiger partial charge on any atom is 0.317 e. The number of amides is 2. The van der Waals surface area contributed by atoms with E-state index < -0.39 is 11.4 Å². The number of hydrogen-bond donors (Lipinski definition) is 2. The summed E-state index contributed by atoms with van der Waals surface area (Å²) in [6, 6.07) is 0.0249. The summed E-state index contributed by atoms with van der Waals surface area (Å²) >= 11 is 0. The molecule has 0 radical (unpaired) electrons. The number of nitrogens with zero attached hydrogens (tertiary/aromatic N) is 1. The van der Waals surface area contributed by atoms with Gasteiger partial charge in [0.15, 0.2) is 0 Å². The third-order valence-electron chi connectivity index (χ3n) is 4.78. The molecular weight excluding hydrogens is 256 g/mol. The van der Waals surface area contributed by atoms with Crippen LogP contribution >= 0.6 is 0 Å². The summed E-state index contributed by atoms with van der Waals surface area (Å²) in [6.07, 6.45) is 3.54. The summed E-state index contributed by atoms with van der Waals surface area (Å²) in [6.45, 7) is 7.21. The molecular formula is C15H26N2O3. The van der Waals surface area contributed by atoms with E-state index >= 15 is 0 Å². The van der Waals surface area contributed by atoms with Gasteiger partial charge in [-0.2, -0.15) is 0 Å². The van der Waals surface area contributed by atoms with Gasteiger partial charge in [-0.25, -0.2) is 4.79 Å². The predicted molar refractivity (Wildman–Crippen MR) is 76.4 cm³/mol. The van der Waals surface area contributed by atoms with Crippen molar-refractivity contribution < 1.29 is 14.7 Å². The minimum absolute atomic E-state index is 0.104. The van der Waals surface area contributed by atoms with Crippen LogP contribution in [0.25, 0.3) is 0 Å². The number of hydrogen-bond acceptors (Lipinski definition) is 2. The van der Waals surface area contributed by atoms with Crippen molar-refractivity contribution in [1.82, 2.24) is 10.2 Å². The van der Waals surface area contributed by atoms with Gasteiger partial charge in [0.05, 0.1) is 5.41 Å². The molecule has 2 fully saturated rings. The molecule has 114 valence electrons. The van der Waals surface area contributed by atoms with Crippen molar-refractivity contribution in [2.45, 2.75) is 52.5 Å². The fourth-order valence-corrected chi connectivity index (χ4v) is 3.86. The third-order valence-corrected chi connectivity index (χ3v) is 4.78. The minimum Gasteiger partial charge on any atom is -0.481 e. The van der Waals surface area contributed by atoms with Crippen LogP contribution in [0.2, 0.25) is 0 Å². The van der Waals surface area contributed by atoms with Gasteiger partial charge in [0.1, 0.15) is 0 Å². The first-order valence-electron chi connectivity index (χ1n) is 7.64. The lowest BCUT2D eigenvalue weighted by Gasteiger charge is -2.25. The minimum atomic E-state index is -0.731. The van der Waals surface area contributed by atoms with Gasteiger partial charge in [0.25, 0.3) is 0 Å². The molecule has 0 aromatic heterocycles. The van der Waals surface area contributed by atoms with Crippen molar-refractivity contribution in [3.05, 3.63) is 0 Å². The fourth-order valence-electron chi connectivity index (χ4n) is 3.86. The molecule has 2 amide bonds. The topological polar surface area (TPSA) is 69.6 Å². The van der Waals surface area contributed by atoms with Gasteiger partial charge in [-0.05, 0) is 38.0 Å². The Kier molecular flexibility index (Phi) is 4.25. The molecule has 0 aromatic carbocycles. The Morgan fingerprint density at radius 1 is 1.40 bits per heavy atom. The molecule has 1 saturated carbocycles. The van der Waals surface area contributed by atoms with E-state index in [1.54, 1.807) is 4.90 Å². The van der Waals surface area contributed by atoms with Crippen LogP contribution in [0.5, 0.6) is 0 Å². The van der Waals surface area contributed by atoms with Gasteiger partial charge < -0.3 is 15.3 Å².